The van der Waals surface area contributed by atoms with Crippen LogP contribution in [0.3, 0.4) is 0 Å². The topological polar surface area (TPSA) is 64.2 Å². The van der Waals surface area contributed by atoms with Gasteiger partial charge in [-0.05, 0) is 28.8 Å². The second-order valence-electron chi connectivity index (χ2n) is 4.12. The van der Waals surface area contributed by atoms with Crippen LogP contribution in [0.4, 0.5) is 0 Å². The summed E-state index contributed by atoms with van der Waals surface area (Å²) in [6, 6.07) is 0.102. The number of carbonyl (C=O) groups is 1. The molecule has 88 valence electrons. The lowest BCUT2D eigenvalue weighted by Crippen LogP contribution is -2.46. The van der Waals surface area contributed by atoms with Gasteiger partial charge in [-0.2, -0.15) is 5.10 Å². The van der Waals surface area contributed by atoms with Gasteiger partial charge in [0.2, 0.25) is 0 Å². The van der Waals surface area contributed by atoms with Crippen LogP contribution in [0.25, 0.3) is 0 Å². The molecule has 2 heterocycles. The van der Waals surface area contributed by atoms with Crippen LogP contribution in [0.5, 0.6) is 0 Å². The molecule has 0 unspecified atom stereocenters. The summed E-state index contributed by atoms with van der Waals surface area (Å²) in [7, 11) is 1.77. The van der Waals surface area contributed by atoms with Crippen molar-refractivity contribution in [3.63, 3.8) is 0 Å². The average molecular weight is 287 g/mol. The number of hydrogen-bond donors (Lipinski definition) is 1. The van der Waals surface area contributed by atoms with Crippen LogP contribution in [0.1, 0.15) is 23.3 Å². The molecule has 2 rings (SSSR count). The fourth-order valence-electron chi connectivity index (χ4n) is 2.00. The van der Waals surface area contributed by atoms with Gasteiger partial charge < -0.3 is 10.6 Å². The minimum absolute atomic E-state index is 0.00188. The van der Waals surface area contributed by atoms with Gasteiger partial charge in [-0.3, -0.25) is 9.48 Å². The molecule has 1 saturated heterocycles. The Bertz CT molecular complexity index is 384. The number of carbonyl (C=O) groups excluding carboxylic acids is 1. The van der Waals surface area contributed by atoms with Gasteiger partial charge in [-0.25, -0.2) is 0 Å². The summed E-state index contributed by atoms with van der Waals surface area (Å²) in [6.45, 7) is 1.42. The number of rotatable bonds is 1. The Morgan fingerprint density at radius 3 is 3.00 bits per heavy atom. The summed E-state index contributed by atoms with van der Waals surface area (Å²) in [5.74, 6) is 0.00188. The van der Waals surface area contributed by atoms with E-state index < -0.39 is 0 Å². The third-order valence-corrected chi connectivity index (χ3v) is 3.42. The fourth-order valence-corrected chi connectivity index (χ4v) is 2.51. The molecule has 1 aromatic heterocycles. The lowest BCUT2D eigenvalue weighted by molar-refractivity contribution is 0.0696. The minimum atomic E-state index is 0.00188. The van der Waals surface area contributed by atoms with E-state index in [1.54, 1.807) is 22.8 Å². The first-order valence-electron chi connectivity index (χ1n) is 5.32. The van der Waals surface area contributed by atoms with Crippen LogP contribution in [0.2, 0.25) is 0 Å². The molecule has 2 N–H and O–H groups in total. The van der Waals surface area contributed by atoms with Crippen molar-refractivity contribution in [2.45, 2.75) is 18.9 Å². The molecular weight excluding hydrogens is 272 g/mol. The highest BCUT2D eigenvalue weighted by molar-refractivity contribution is 9.10. The number of piperidine rings is 1. The molecule has 1 atom stereocenters. The van der Waals surface area contributed by atoms with E-state index in [2.05, 4.69) is 21.0 Å². The maximum Gasteiger partial charge on any atom is 0.273 e. The molecule has 0 aromatic carbocycles. The van der Waals surface area contributed by atoms with Crippen molar-refractivity contribution >= 4 is 21.8 Å². The van der Waals surface area contributed by atoms with E-state index in [4.69, 9.17) is 5.73 Å². The van der Waals surface area contributed by atoms with Crippen LogP contribution in [0, 0.1) is 0 Å². The molecule has 16 heavy (non-hydrogen) atoms. The number of aromatic nitrogens is 2. The zero-order chi connectivity index (χ0) is 11.7. The fraction of sp³-hybridized carbons (Fsp3) is 0.600. The van der Waals surface area contributed by atoms with E-state index in [-0.39, 0.29) is 11.9 Å². The molecule has 0 saturated carbocycles. The highest BCUT2D eigenvalue weighted by Gasteiger charge is 2.25. The first kappa shape index (κ1) is 11.6. The van der Waals surface area contributed by atoms with Crippen molar-refractivity contribution in [2.24, 2.45) is 12.8 Å². The van der Waals surface area contributed by atoms with Crippen molar-refractivity contribution in [1.29, 1.82) is 0 Å². The summed E-state index contributed by atoms with van der Waals surface area (Å²) in [6.07, 6.45) is 3.61. The second kappa shape index (κ2) is 4.55. The SMILES string of the molecule is Cn1ncc(Br)c1C(=O)N1CCC[C@H](N)C1. The first-order valence-corrected chi connectivity index (χ1v) is 6.11. The van der Waals surface area contributed by atoms with Gasteiger partial charge in [-0.1, -0.05) is 0 Å². The molecule has 0 spiro atoms. The van der Waals surface area contributed by atoms with Crippen molar-refractivity contribution in [3.8, 4) is 0 Å². The molecule has 5 nitrogen and oxygen atoms in total. The van der Waals surface area contributed by atoms with Crippen molar-refractivity contribution < 1.29 is 4.79 Å². The lowest BCUT2D eigenvalue weighted by Gasteiger charge is -2.30. The molecule has 0 aliphatic carbocycles. The van der Waals surface area contributed by atoms with E-state index in [0.717, 1.165) is 23.9 Å². The van der Waals surface area contributed by atoms with Crippen LogP contribution >= 0.6 is 15.9 Å². The van der Waals surface area contributed by atoms with Gasteiger partial charge >= 0.3 is 0 Å². The molecule has 0 radical (unpaired) electrons. The Morgan fingerprint density at radius 1 is 1.69 bits per heavy atom. The summed E-state index contributed by atoms with van der Waals surface area (Å²) in [5, 5.41) is 4.04. The molecule has 1 aromatic rings. The largest absolute Gasteiger partial charge is 0.336 e. The van der Waals surface area contributed by atoms with E-state index in [1.165, 1.54) is 0 Å². The Kier molecular flexibility index (Phi) is 3.30. The van der Waals surface area contributed by atoms with Crippen LogP contribution in [0.15, 0.2) is 10.7 Å². The number of aryl methyl sites for hydroxylation is 1. The molecule has 1 amide bonds. The summed E-state index contributed by atoms with van der Waals surface area (Å²) in [5.41, 5.74) is 6.46. The van der Waals surface area contributed by atoms with Crippen molar-refractivity contribution in [1.82, 2.24) is 14.7 Å². The monoisotopic (exact) mass is 286 g/mol. The number of nitrogens with two attached hydrogens (primary N) is 1. The Morgan fingerprint density at radius 2 is 2.44 bits per heavy atom. The van der Waals surface area contributed by atoms with Crippen molar-refractivity contribution in [3.05, 3.63) is 16.4 Å². The normalized spacial score (nSPS) is 21.2. The van der Waals surface area contributed by atoms with Crippen LogP contribution in [-0.2, 0) is 7.05 Å². The Balaban J connectivity index is 2.18. The lowest BCUT2D eigenvalue weighted by atomic mass is 10.1. The average Bonchev–Trinajstić information content (AvgIpc) is 2.58. The summed E-state index contributed by atoms with van der Waals surface area (Å²) in [4.78, 5) is 14.0. The van der Waals surface area contributed by atoms with Gasteiger partial charge in [0.25, 0.3) is 5.91 Å². The maximum absolute atomic E-state index is 12.2. The van der Waals surface area contributed by atoms with E-state index in [0.29, 0.717) is 12.2 Å². The summed E-state index contributed by atoms with van der Waals surface area (Å²) >= 11 is 3.34. The molecule has 1 aliphatic heterocycles. The van der Waals surface area contributed by atoms with Gasteiger partial charge in [-0.15, -0.1) is 0 Å². The quantitative estimate of drug-likeness (QED) is 0.829. The smallest absolute Gasteiger partial charge is 0.273 e. The van der Waals surface area contributed by atoms with Crippen LogP contribution in [-0.4, -0.2) is 39.7 Å². The standard InChI is InChI=1S/C10H15BrN4O/c1-14-9(8(11)5-13-14)10(16)15-4-2-3-7(12)6-15/h5,7H,2-4,6,12H2,1H3/t7-/m0/s1. The first-order chi connectivity index (χ1) is 7.59. The predicted octanol–water partition coefficient (Wildman–Crippen LogP) is 0.746. The third-order valence-electron chi connectivity index (χ3n) is 2.84. The van der Waals surface area contributed by atoms with E-state index >= 15 is 0 Å². The zero-order valence-corrected chi connectivity index (χ0v) is 10.8. The highest BCUT2D eigenvalue weighted by atomic mass is 79.9. The molecule has 1 fully saturated rings. The summed E-state index contributed by atoms with van der Waals surface area (Å²) < 4.78 is 2.33. The van der Waals surface area contributed by atoms with E-state index in [1.807, 2.05) is 0 Å². The number of likely N-dealkylation sites (tertiary alicyclic amines) is 1. The van der Waals surface area contributed by atoms with Gasteiger partial charge in [0, 0.05) is 26.2 Å². The van der Waals surface area contributed by atoms with E-state index in [9.17, 15) is 4.79 Å². The van der Waals surface area contributed by atoms with Gasteiger partial charge in [0.1, 0.15) is 5.69 Å². The third kappa shape index (κ3) is 2.12. The number of amides is 1. The second-order valence-corrected chi connectivity index (χ2v) is 4.97. The Hall–Kier alpha value is -0.880. The Labute approximate surface area is 103 Å². The minimum Gasteiger partial charge on any atom is -0.336 e. The van der Waals surface area contributed by atoms with Crippen molar-refractivity contribution in [2.75, 3.05) is 13.1 Å². The number of nitrogens with zero attached hydrogens (tertiary/aromatic N) is 3. The molecule has 1 aliphatic rings. The van der Waals surface area contributed by atoms with Gasteiger partial charge in [0.05, 0.1) is 10.7 Å². The molecule has 0 bridgehead atoms. The number of hydrogen-bond acceptors (Lipinski definition) is 3. The predicted molar refractivity (Wildman–Crippen MR) is 64.0 cm³/mol. The molecule has 6 heteroatoms. The van der Waals surface area contributed by atoms with Crippen LogP contribution < -0.4 is 5.73 Å². The van der Waals surface area contributed by atoms with Gasteiger partial charge in [0.15, 0.2) is 0 Å². The number of halogens is 1. The highest BCUT2D eigenvalue weighted by Crippen LogP contribution is 2.19. The maximum atomic E-state index is 12.2. The molecular formula is C10H15BrN4O. The zero-order valence-electron chi connectivity index (χ0n) is 9.19.